The monoisotopic (exact) mass is 433 g/mol. The van der Waals surface area contributed by atoms with Crippen LogP contribution in [0.1, 0.15) is 29.2 Å². The molecule has 4 aromatic rings. The number of carbonyl (C=O) groups is 1. The smallest absolute Gasteiger partial charge is 0.231 e. The molecule has 5 rings (SSSR count). The number of rotatable bonds is 5. The number of carbonyl (C=O) groups excluding carboxylic acids is 1. The first-order valence-electron chi connectivity index (χ1n) is 9.95. The van der Waals surface area contributed by atoms with Crippen LogP contribution < -0.4 is 14.8 Å². The number of pyridine rings is 1. The van der Waals surface area contributed by atoms with Crippen LogP contribution in [0.4, 0.5) is 5.69 Å². The normalized spacial score (nSPS) is 13.4. The van der Waals surface area contributed by atoms with Crippen molar-refractivity contribution in [1.29, 1.82) is 0 Å². The largest absolute Gasteiger partial charge is 0.454 e. The Hall–Kier alpha value is -3.51. The summed E-state index contributed by atoms with van der Waals surface area (Å²) >= 11 is 6.24. The fraction of sp³-hybridized carbons (Fsp3) is 0.167. The third-order valence-electron chi connectivity index (χ3n) is 5.38. The van der Waals surface area contributed by atoms with E-state index in [1.54, 1.807) is 12.3 Å². The summed E-state index contributed by atoms with van der Waals surface area (Å²) in [5, 5.41) is 3.59. The van der Waals surface area contributed by atoms with Crippen molar-refractivity contribution in [3.05, 3.63) is 88.8 Å². The second kappa shape index (κ2) is 7.96. The Balaban J connectivity index is 1.51. The zero-order valence-electron chi connectivity index (χ0n) is 16.8. The predicted molar refractivity (Wildman–Crippen MR) is 119 cm³/mol. The first-order chi connectivity index (χ1) is 15.1. The van der Waals surface area contributed by atoms with Crippen LogP contribution in [0.15, 0.2) is 67.0 Å². The Morgan fingerprint density at radius 3 is 2.77 bits per heavy atom. The molecule has 1 N–H and O–H groups in total. The molecule has 2 aromatic heterocycles. The van der Waals surface area contributed by atoms with Gasteiger partial charge in [-0.3, -0.25) is 4.79 Å². The molecular weight excluding hydrogens is 414 g/mol. The molecule has 0 aliphatic carbocycles. The van der Waals surface area contributed by atoms with Crippen molar-refractivity contribution in [2.45, 2.75) is 19.3 Å². The van der Waals surface area contributed by atoms with E-state index < -0.39 is 0 Å². The second-order valence-corrected chi connectivity index (χ2v) is 7.98. The van der Waals surface area contributed by atoms with Crippen LogP contribution in [-0.4, -0.2) is 22.1 Å². The molecule has 6 nitrogen and oxygen atoms in total. The maximum absolute atomic E-state index is 13.0. The molecule has 1 atom stereocenters. The summed E-state index contributed by atoms with van der Waals surface area (Å²) in [6.45, 7) is 2.21. The topological polar surface area (TPSA) is 64.9 Å². The lowest BCUT2D eigenvalue weighted by Gasteiger charge is -2.18. The molecule has 0 saturated heterocycles. The molecule has 0 radical (unpaired) electrons. The lowest BCUT2D eigenvalue weighted by Crippen LogP contribution is -2.17. The average molecular weight is 434 g/mol. The number of ether oxygens (including phenoxy) is 2. The maximum Gasteiger partial charge on any atom is 0.231 e. The van der Waals surface area contributed by atoms with E-state index in [4.69, 9.17) is 21.1 Å². The molecule has 1 unspecified atom stereocenters. The van der Waals surface area contributed by atoms with Crippen molar-refractivity contribution in [1.82, 2.24) is 9.38 Å². The van der Waals surface area contributed by atoms with Crippen molar-refractivity contribution in [3.8, 4) is 11.5 Å². The van der Waals surface area contributed by atoms with E-state index in [-0.39, 0.29) is 25.0 Å². The summed E-state index contributed by atoms with van der Waals surface area (Å²) in [6, 6.07) is 17.2. The van der Waals surface area contributed by atoms with Crippen molar-refractivity contribution >= 4 is 28.8 Å². The minimum Gasteiger partial charge on any atom is -0.454 e. The Morgan fingerprint density at radius 2 is 1.94 bits per heavy atom. The van der Waals surface area contributed by atoms with Crippen LogP contribution in [0, 0.1) is 6.92 Å². The molecule has 2 aromatic carbocycles. The number of aryl methyl sites for hydroxylation is 1. The van der Waals surface area contributed by atoms with Gasteiger partial charge in [-0.05, 0) is 48.9 Å². The third kappa shape index (κ3) is 3.94. The van der Waals surface area contributed by atoms with Crippen molar-refractivity contribution in [2.75, 3.05) is 12.1 Å². The number of nitrogens with one attached hydrogen (secondary N) is 1. The molecule has 31 heavy (non-hydrogen) atoms. The summed E-state index contributed by atoms with van der Waals surface area (Å²) in [4.78, 5) is 17.5. The molecule has 1 amide bonds. The van der Waals surface area contributed by atoms with Gasteiger partial charge in [0, 0.05) is 30.4 Å². The average Bonchev–Trinajstić information content (AvgIpc) is 3.40. The zero-order valence-corrected chi connectivity index (χ0v) is 17.6. The van der Waals surface area contributed by atoms with Gasteiger partial charge in [0.1, 0.15) is 5.65 Å². The molecular formula is C24H20ClN3O3. The Bertz CT molecular complexity index is 1270. The number of hydrogen-bond donors (Lipinski definition) is 1. The number of imidazole rings is 1. The van der Waals surface area contributed by atoms with Crippen LogP contribution >= 0.6 is 11.6 Å². The van der Waals surface area contributed by atoms with Gasteiger partial charge < -0.3 is 19.2 Å². The Kier molecular flexibility index (Phi) is 5.00. The van der Waals surface area contributed by atoms with Crippen LogP contribution in [0.25, 0.3) is 5.65 Å². The van der Waals surface area contributed by atoms with Gasteiger partial charge in [0.15, 0.2) is 11.5 Å². The van der Waals surface area contributed by atoms with E-state index in [2.05, 4.69) is 10.3 Å². The van der Waals surface area contributed by atoms with Gasteiger partial charge in [-0.1, -0.05) is 35.4 Å². The van der Waals surface area contributed by atoms with Gasteiger partial charge in [0.2, 0.25) is 12.7 Å². The molecule has 7 heteroatoms. The van der Waals surface area contributed by atoms with E-state index in [0.29, 0.717) is 16.5 Å². The first kappa shape index (κ1) is 19.5. The van der Waals surface area contributed by atoms with Gasteiger partial charge >= 0.3 is 0 Å². The standard InChI is InChI=1S/C24H20ClN3O3/c1-15-2-6-18(7-3-15)27-24(29)11-19(16-4-8-21-22(10-16)31-14-30-21)20-12-26-23-9-5-17(25)13-28(20)23/h2-10,12-13,19H,11,14H2,1H3,(H,27,29). The molecule has 0 spiro atoms. The summed E-state index contributed by atoms with van der Waals surface area (Å²) in [5.74, 6) is 1.03. The highest BCUT2D eigenvalue weighted by Crippen LogP contribution is 2.38. The molecule has 0 bridgehead atoms. The van der Waals surface area contributed by atoms with Gasteiger partial charge in [-0.15, -0.1) is 0 Å². The number of benzene rings is 2. The Labute approximate surface area is 184 Å². The first-order valence-corrected chi connectivity index (χ1v) is 10.3. The van der Waals surface area contributed by atoms with E-state index in [0.717, 1.165) is 28.2 Å². The molecule has 0 fully saturated rings. The number of aromatic nitrogens is 2. The van der Waals surface area contributed by atoms with Crippen LogP contribution in [0.2, 0.25) is 5.02 Å². The number of anilines is 1. The van der Waals surface area contributed by atoms with E-state index in [1.807, 2.05) is 66.1 Å². The van der Waals surface area contributed by atoms with Gasteiger partial charge in [-0.25, -0.2) is 4.98 Å². The third-order valence-corrected chi connectivity index (χ3v) is 5.60. The summed E-state index contributed by atoms with van der Waals surface area (Å²) in [7, 11) is 0. The maximum atomic E-state index is 13.0. The van der Waals surface area contributed by atoms with Crippen LogP contribution in [-0.2, 0) is 4.79 Å². The highest BCUT2D eigenvalue weighted by Gasteiger charge is 2.25. The minimum atomic E-state index is -0.256. The van der Waals surface area contributed by atoms with Crippen molar-refractivity contribution < 1.29 is 14.3 Å². The van der Waals surface area contributed by atoms with Gasteiger partial charge in [0.05, 0.1) is 10.7 Å². The molecule has 0 saturated carbocycles. The number of hydrogen-bond acceptors (Lipinski definition) is 4. The molecule has 1 aliphatic rings. The zero-order chi connectivity index (χ0) is 21.4. The number of nitrogens with zero attached hydrogens (tertiary/aromatic N) is 2. The summed E-state index contributed by atoms with van der Waals surface area (Å²) in [6.07, 6.45) is 3.84. The number of halogens is 1. The highest BCUT2D eigenvalue weighted by atomic mass is 35.5. The van der Waals surface area contributed by atoms with Crippen molar-refractivity contribution in [2.24, 2.45) is 0 Å². The predicted octanol–water partition coefficient (Wildman–Crippen LogP) is 5.19. The van der Waals surface area contributed by atoms with Gasteiger partial charge in [-0.2, -0.15) is 0 Å². The number of fused-ring (bicyclic) bond motifs is 2. The quantitative estimate of drug-likeness (QED) is 0.470. The summed E-state index contributed by atoms with van der Waals surface area (Å²) in [5.41, 5.74) is 4.48. The lowest BCUT2D eigenvalue weighted by molar-refractivity contribution is -0.116. The minimum absolute atomic E-state index is 0.0940. The lowest BCUT2D eigenvalue weighted by atomic mass is 9.92. The van der Waals surface area contributed by atoms with E-state index >= 15 is 0 Å². The molecule has 1 aliphatic heterocycles. The van der Waals surface area contributed by atoms with Crippen LogP contribution in [0.5, 0.6) is 11.5 Å². The van der Waals surface area contributed by atoms with Crippen molar-refractivity contribution in [3.63, 3.8) is 0 Å². The van der Waals surface area contributed by atoms with E-state index in [1.165, 1.54) is 0 Å². The highest BCUT2D eigenvalue weighted by molar-refractivity contribution is 6.30. The second-order valence-electron chi connectivity index (χ2n) is 7.54. The van der Waals surface area contributed by atoms with Gasteiger partial charge in [0.25, 0.3) is 0 Å². The van der Waals surface area contributed by atoms with Crippen LogP contribution in [0.3, 0.4) is 0 Å². The fourth-order valence-corrected chi connectivity index (χ4v) is 3.95. The SMILES string of the molecule is Cc1ccc(NC(=O)CC(c2ccc3c(c2)OCO3)c2cnc3ccc(Cl)cn23)cc1. The summed E-state index contributed by atoms with van der Waals surface area (Å²) < 4.78 is 12.9. The number of amides is 1. The van der Waals surface area contributed by atoms with E-state index in [9.17, 15) is 4.79 Å². The Morgan fingerprint density at radius 1 is 1.13 bits per heavy atom. The fourth-order valence-electron chi connectivity index (χ4n) is 3.79. The molecule has 156 valence electrons. The molecule has 3 heterocycles.